The molecule has 22 heavy (non-hydrogen) atoms. The van der Waals surface area contributed by atoms with Crippen LogP contribution in [0.25, 0.3) is 11.4 Å². The number of hydrogen-bond acceptors (Lipinski definition) is 2. The summed E-state index contributed by atoms with van der Waals surface area (Å²) in [5, 5.41) is 11.8. The van der Waals surface area contributed by atoms with Crippen LogP contribution in [-0.2, 0) is 4.79 Å². The standard InChI is InChI=1S/C16H13FN2O3/c1-7-11(16(21)22)8(2)18-14(7)13(17)12-9-5-3-4-6-10(9)19-15(12)20/h3-6,18H,1-2H3,(H,19,20)(H,21,22). The van der Waals surface area contributed by atoms with Crippen LogP contribution in [0.15, 0.2) is 24.3 Å². The highest BCUT2D eigenvalue weighted by atomic mass is 19.1. The molecule has 0 saturated carbocycles. The fraction of sp³-hybridized carbons (Fsp3) is 0.125. The summed E-state index contributed by atoms with van der Waals surface area (Å²) < 4.78 is 14.9. The highest BCUT2D eigenvalue weighted by Crippen LogP contribution is 2.38. The fourth-order valence-corrected chi connectivity index (χ4v) is 2.75. The SMILES string of the molecule is Cc1[nH]c(C(F)=C2C(=O)Nc3ccccc32)c(C)c1C(=O)O. The number of hydrogen-bond donors (Lipinski definition) is 3. The Morgan fingerprint density at radius 1 is 1.23 bits per heavy atom. The maximum atomic E-state index is 14.9. The summed E-state index contributed by atoms with van der Waals surface area (Å²) in [6.07, 6.45) is 0. The lowest BCUT2D eigenvalue weighted by Gasteiger charge is -2.02. The Bertz CT molecular complexity index is 849. The number of benzene rings is 1. The number of aromatic nitrogens is 1. The average Bonchev–Trinajstić information content (AvgIpc) is 2.94. The number of carboxylic acid groups (broad SMARTS) is 1. The average molecular weight is 300 g/mol. The maximum absolute atomic E-state index is 14.9. The molecule has 6 heteroatoms. The largest absolute Gasteiger partial charge is 0.478 e. The lowest BCUT2D eigenvalue weighted by molar-refractivity contribution is -0.110. The third kappa shape index (κ3) is 1.92. The van der Waals surface area contributed by atoms with E-state index in [0.717, 1.165) is 0 Å². The Morgan fingerprint density at radius 3 is 2.55 bits per heavy atom. The van der Waals surface area contributed by atoms with E-state index in [-0.39, 0.29) is 22.4 Å². The normalized spacial score (nSPS) is 15.5. The lowest BCUT2D eigenvalue weighted by atomic mass is 10.0. The van der Waals surface area contributed by atoms with Crippen molar-refractivity contribution in [2.75, 3.05) is 5.32 Å². The second-order valence-electron chi connectivity index (χ2n) is 5.12. The molecule has 3 N–H and O–H groups in total. The van der Waals surface area contributed by atoms with Crippen molar-refractivity contribution in [1.29, 1.82) is 0 Å². The molecular weight excluding hydrogens is 287 g/mol. The number of nitrogens with one attached hydrogen (secondary N) is 2. The van der Waals surface area contributed by atoms with Crippen molar-refractivity contribution in [3.05, 3.63) is 52.3 Å². The molecule has 0 bridgehead atoms. The Hall–Kier alpha value is -2.89. The molecule has 1 aromatic carbocycles. The van der Waals surface area contributed by atoms with Gasteiger partial charge in [0.15, 0.2) is 5.83 Å². The third-order valence-corrected chi connectivity index (χ3v) is 3.76. The van der Waals surface area contributed by atoms with Gasteiger partial charge in [-0.15, -0.1) is 0 Å². The Labute approximate surface area is 125 Å². The molecule has 1 aliphatic heterocycles. The van der Waals surface area contributed by atoms with Crippen molar-refractivity contribution in [3.8, 4) is 0 Å². The first kappa shape index (κ1) is 14.1. The minimum atomic E-state index is -1.13. The number of rotatable bonds is 2. The first-order valence-electron chi connectivity index (χ1n) is 6.65. The van der Waals surface area contributed by atoms with Crippen LogP contribution in [0.4, 0.5) is 10.1 Å². The van der Waals surface area contributed by atoms with Crippen LogP contribution in [0.5, 0.6) is 0 Å². The highest BCUT2D eigenvalue weighted by molar-refractivity contribution is 6.36. The van der Waals surface area contributed by atoms with Crippen molar-refractivity contribution in [2.45, 2.75) is 13.8 Å². The quantitative estimate of drug-likeness (QED) is 0.745. The van der Waals surface area contributed by atoms with Gasteiger partial charge in [0.1, 0.15) is 0 Å². The van der Waals surface area contributed by atoms with E-state index in [2.05, 4.69) is 10.3 Å². The molecule has 3 rings (SSSR count). The van der Waals surface area contributed by atoms with Crippen molar-refractivity contribution in [1.82, 2.24) is 4.98 Å². The van der Waals surface area contributed by atoms with Crippen LogP contribution < -0.4 is 5.32 Å². The minimum absolute atomic E-state index is 0.0248. The van der Waals surface area contributed by atoms with Gasteiger partial charge in [0, 0.05) is 16.9 Å². The number of carbonyl (C=O) groups excluding carboxylic acids is 1. The van der Waals surface area contributed by atoms with Gasteiger partial charge < -0.3 is 15.4 Å². The van der Waals surface area contributed by atoms with E-state index in [1.807, 2.05) is 0 Å². The Morgan fingerprint density at radius 2 is 1.91 bits per heavy atom. The minimum Gasteiger partial charge on any atom is -0.478 e. The molecule has 0 unspecified atom stereocenters. The van der Waals surface area contributed by atoms with Crippen molar-refractivity contribution >= 4 is 29.0 Å². The summed E-state index contributed by atoms with van der Waals surface area (Å²) in [6.45, 7) is 3.07. The number of carbonyl (C=O) groups is 2. The molecule has 1 aliphatic rings. The van der Waals surface area contributed by atoms with Crippen LogP contribution in [0.2, 0.25) is 0 Å². The van der Waals surface area contributed by atoms with Gasteiger partial charge in [-0.05, 0) is 25.5 Å². The molecular formula is C16H13FN2O3. The molecule has 1 aromatic heterocycles. The van der Waals surface area contributed by atoms with Gasteiger partial charge in [-0.3, -0.25) is 4.79 Å². The van der Waals surface area contributed by atoms with Gasteiger partial charge in [-0.1, -0.05) is 18.2 Å². The Balaban J connectivity index is 2.23. The molecule has 0 radical (unpaired) electrons. The molecule has 0 saturated heterocycles. The van der Waals surface area contributed by atoms with E-state index in [9.17, 15) is 19.1 Å². The van der Waals surface area contributed by atoms with Crippen LogP contribution in [0.3, 0.4) is 0 Å². The summed E-state index contributed by atoms with van der Waals surface area (Å²) in [5.41, 5.74) is 1.59. The molecule has 1 amide bonds. The number of aromatic carboxylic acids is 1. The summed E-state index contributed by atoms with van der Waals surface area (Å²) in [6, 6.07) is 6.78. The number of amides is 1. The first-order valence-corrected chi connectivity index (χ1v) is 6.65. The van der Waals surface area contributed by atoms with Crippen molar-refractivity contribution in [3.63, 3.8) is 0 Å². The maximum Gasteiger partial charge on any atom is 0.337 e. The number of halogens is 1. The molecule has 2 aromatic rings. The summed E-state index contributed by atoms with van der Waals surface area (Å²) >= 11 is 0. The second-order valence-corrected chi connectivity index (χ2v) is 5.12. The van der Waals surface area contributed by atoms with E-state index < -0.39 is 17.7 Å². The zero-order valence-electron chi connectivity index (χ0n) is 12.0. The number of para-hydroxylation sites is 1. The highest BCUT2D eigenvalue weighted by Gasteiger charge is 2.30. The summed E-state index contributed by atoms with van der Waals surface area (Å²) in [7, 11) is 0. The number of anilines is 1. The summed E-state index contributed by atoms with van der Waals surface area (Å²) in [4.78, 5) is 26.0. The second kappa shape index (κ2) is 4.84. The van der Waals surface area contributed by atoms with E-state index in [1.165, 1.54) is 6.92 Å². The van der Waals surface area contributed by atoms with E-state index in [4.69, 9.17) is 0 Å². The third-order valence-electron chi connectivity index (χ3n) is 3.76. The van der Waals surface area contributed by atoms with E-state index >= 15 is 0 Å². The van der Waals surface area contributed by atoms with Gasteiger partial charge in [0.05, 0.1) is 16.8 Å². The predicted molar refractivity (Wildman–Crippen MR) is 80.2 cm³/mol. The van der Waals surface area contributed by atoms with Crippen LogP contribution >= 0.6 is 0 Å². The zero-order valence-corrected chi connectivity index (χ0v) is 12.0. The molecule has 0 fully saturated rings. The van der Waals surface area contributed by atoms with Gasteiger partial charge in [0.2, 0.25) is 0 Å². The van der Waals surface area contributed by atoms with Crippen LogP contribution in [-0.4, -0.2) is 22.0 Å². The number of aryl methyl sites for hydroxylation is 1. The topological polar surface area (TPSA) is 82.2 Å². The van der Waals surface area contributed by atoms with Gasteiger partial charge in [-0.2, -0.15) is 0 Å². The number of aromatic amines is 1. The fourth-order valence-electron chi connectivity index (χ4n) is 2.75. The monoisotopic (exact) mass is 300 g/mol. The van der Waals surface area contributed by atoms with Crippen molar-refractivity contribution in [2.24, 2.45) is 0 Å². The molecule has 112 valence electrons. The van der Waals surface area contributed by atoms with Crippen LogP contribution in [0, 0.1) is 13.8 Å². The Kier molecular flexibility index (Phi) is 3.09. The lowest BCUT2D eigenvalue weighted by Crippen LogP contribution is -2.05. The number of H-pyrrole nitrogens is 1. The number of fused-ring (bicyclic) bond motifs is 1. The molecule has 0 atom stereocenters. The predicted octanol–water partition coefficient (Wildman–Crippen LogP) is 3.12. The van der Waals surface area contributed by atoms with Crippen molar-refractivity contribution < 1.29 is 19.1 Å². The van der Waals surface area contributed by atoms with E-state index in [1.54, 1.807) is 31.2 Å². The van der Waals surface area contributed by atoms with Gasteiger partial charge in [-0.25, -0.2) is 9.18 Å². The van der Waals surface area contributed by atoms with Gasteiger partial charge >= 0.3 is 5.97 Å². The zero-order chi connectivity index (χ0) is 16.0. The van der Waals surface area contributed by atoms with Crippen LogP contribution in [0.1, 0.15) is 32.9 Å². The first-order chi connectivity index (χ1) is 10.4. The summed E-state index contributed by atoms with van der Waals surface area (Å²) in [5.74, 6) is -2.43. The molecule has 2 heterocycles. The number of carboxylic acids is 1. The van der Waals surface area contributed by atoms with Gasteiger partial charge in [0.25, 0.3) is 5.91 Å². The van der Waals surface area contributed by atoms with E-state index in [0.29, 0.717) is 16.9 Å². The molecule has 0 aliphatic carbocycles. The molecule has 5 nitrogen and oxygen atoms in total. The smallest absolute Gasteiger partial charge is 0.337 e. The molecule has 0 spiro atoms.